The van der Waals surface area contributed by atoms with Crippen molar-refractivity contribution in [3.05, 3.63) is 85.1 Å². The van der Waals surface area contributed by atoms with E-state index in [0.717, 1.165) is 54.1 Å². The fourth-order valence-corrected chi connectivity index (χ4v) is 3.47. The SMILES string of the molecule is Cc1ccc2c(NCCNCCN(c3ccncc3)c3ccncc3)ccnc2c1. The third-order valence-electron chi connectivity index (χ3n) is 4.98. The van der Waals surface area contributed by atoms with Crippen molar-refractivity contribution in [2.45, 2.75) is 6.92 Å². The van der Waals surface area contributed by atoms with Crippen LogP contribution in [-0.4, -0.2) is 41.1 Å². The molecule has 0 spiro atoms. The van der Waals surface area contributed by atoms with Gasteiger partial charge in [-0.15, -0.1) is 0 Å². The zero-order chi connectivity index (χ0) is 20.6. The van der Waals surface area contributed by atoms with Crippen LogP contribution >= 0.6 is 0 Å². The molecule has 0 saturated carbocycles. The molecular weight excluding hydrogens is 372 g/mol. The summed E-state index contributed by atoms with van der Waals surface area (Å²) in [7, 11) is 0. The Morgan fingerprint density at radius 3 is 2.17 bits per heavy atom. The minimum Gasteiger partial charge on any atom is -0.383 e. The van der Waals surface area contributed by atoms with Crippen LogP contribution in [0, 0.1) is 6.92 Å². The summed E-state index contributed by atoms with van der Waals surface area (Å²) in [6.07, 6.45) is 9.14. The van der Waals surface area contributed by atoms with Gasteiger partial charge < -0.3 is 15.5 Å². The Balaban J connectivity index is 1.30. The molecule has 2 N–H and O–H groups in total. The van der Waals surface area contributed by atoms with Crippen LogP contribution in [0.5, 0.6) is 0 Å². The number of pyridine rings is 3. The second kappa shape index (κ2) is 9.80. The van der Waals surface area contributed by atoms with Gasteiger partial charge in [0.2, 0.25) is 0 Å². The van der Waals surface area contributed by atoms with Gasteiger partial charge in [0.15, 0.2) is 0 Å². The van der Waals surface area contributed by atoms with Gasteiger partial charge in [-0.3, -0.25) is 15.0 Å². The summed E-state index contributed by atoms with van der Waals surface area (Å²) in [6, 6.07) is 16.5. The Kier molecular flexibility index (Phi) is 6.47. The summed E-state index contributed by atoms with van der Waals surface area (Å²) in [4.78, 5) is 15.0. The highest BCUT2D eigenvalue weighted by molar-refractivity contribution is 5.91. The smallest absolute Gasteiger partial charge is 0.0725 e. The summed E-state index contributed by atoms with van der Waals surface area (Å²) in [6.45, 7) is 5.52. The molecule has 152 valence electrons. The summed E-state index contributed by atoms with van der Waals surface area (Å²) < 4.78 is 0. The van der Waals surface area contributed by atoms with Gasteiger partial charge in [-0.05, 0) is 48.9 Å². The van der Waals surface area contributed by atoms with Crippen molar-refractivity contribution in [3.8, 4) is 0 Å². The molecule has 0 aliphatic rings. The van der Waals surface area contributed by atoms with Crippen molar-refractivity contribution >= 4 is 28.0 Å². The van der Waals surface area contributed by atoms with E-state index < -0.39 is 0 Å². The molecule has 0 bridgehead atoms. The van der Waals surface area contributed by atoms with E-state index in [-0.39, 0.29) is 0 Å². The predicted molar refractivity (Wildman–Crippen MR) is 123 cm³/mol. The summed E-state index contributed by atoms with van der Waals surface area (Å²) >= 11 is 0. The Labute approximate surface area is 177 Å². The minimum atomic E-state index is 0.845. The van der Waals surface area contributed by atoms with Crippen LogP contribution in [0.25, 0.3) is 10.9 Å². The van der Waals surface area contributed by atoms with E-state index in [1.165, 1.54) is 5.56 Å². The van der Waals surface area contributed by atoms with Crippen LogP contribution in [0.4, 0.5) is 17.1 Å². The van der Waals surface area contributed by atoms with Gasteiger partial charge in [-0.2, -0.15) is 0 Å². The lowest BCUT2D eigenvalue weighted by atomic mass is 10.1. The molecule has 4 rings (SSSR count). The van der Waals surface area contributed by atoms with Gasteiger partial charge in [-0.25, -0.2) is 0 Å². The summed E-state index contributed by atoms with van der Waals surface area (Å²) in [5, 5.41) is 8.21. The fraction of sp³-hybridized carbons (Fsp3) is 0.208. The number of anilines is 3. The lowest BCUT2D eigenvalue weighted by molar-refractivity contribution is 0.699. The van der Waals surface area contributed by atoms with Crippen LogP contribution in [-0.2, 0) is 0 Å². The molecule has 1 aromatic carbocycles. The average molecular weight is 399 g/mol. The van der Waals surface area contributed by atoms with Gasteiger partial charge >= 0.3 is 0 Å². The molecule has 0 aliphatic carbocycles. The Bertz CT molecular complexity index is 1030. The maximum absolute atomic E-state index is 4.47. The van der Waals surface area contributed by atoms with Crippen molar-refractivity contribution in [2.75, 3.05) is 36.4 Å². The Morgan fingerprint density at radius 1 is 0.767 bits per heavy atom. The molecule has 0 amide bonds. The maximum Gasteiger partial charge on any atom is 0.0725 e. The molecule has 0 saturated heterocycles. The van der Waals surface area contributed by atoms with E-state index in [0.29, 0.717) is 0 Å². The fourth-order valence-electron chi connectivity index (χ4n) is 3.47. The van der Waals surface area contributed by atoms with Crippen LogP contribution in [0.1, 0.15) is 5.56 Å². The van der Waals surface area contributed by atoms with Crippen molar-refractivity contribution in [3.63, 3.8) is 0 Å². The quantitative estimate of drug-likeness (QED) is 0.413. The van der Waals surface area contributed by atoms with Gasteiger partial charge in [-0.1, -0.05) is 12.1 Å². The lowest BCUT2D eigenvalue weighted by Gasteiger charge is -2.25. The number of rotatable bonds is 9. The lowest BCUT2D eigenvalue weighted by Crippen LogP contribution is -2.31. The molecule has 3 aromatic heterocycles. The number of fused-ring (bicyclic) bond motifs is 1. The molecule has 30 heavy (non-hydrogen) atoms. The van der Waals surface area contributed by atoms with Gasteiger partial charge in [0.05, 0.1) is 5.52 Å². The molecule has 0 fully saturated rings. The van der Waals surface area contributed by atoms with E-state index in [1.54, 1.807) is 0 Å². The molecule has 3 heterocycles. The first kappa shape index (κ1) is 19.8. The standard InChI is InChI=1S/C24H26N6/c1-19-2-3-22-23(8-13-28-24(22)18-19)29-15-14-27-16-17-30(20-4-9-25-10-5-20)21-6-11-26-12-7-21/h2-13,18,27H,14-17H2,1H3,(H,28,29). The molecule has 6 nitrogen and oxygen atoms in total. The highest BCUT2D eigenvalue weighted by Gasteiger charge is 2.08. The summed E-state index contributed by atoms with van der Waals surface area (Å²) in [5.41, 5.74) is 5.61. The predicted octanol–water partition coefficient (Wildman–Crippen LogP) is 4.17. The molecule has 4 aromatic rings. The average Bonchev–Trinajstić information content (AvgIpc) is 2.79. The second-order valence-electron chi connectivity index (χ2n) is 7.12. The van der Waals surface area contributed by atoms with Gasteiger partial charge in [0.25, 0.3) is 0 Å². The Hall–Kier alpha value is -3.51. The van der Waals surface area contributed by atoms with Crippen molar-refractivity contribution in [1.82, 2.24) is 20.3 Å². The first-order valence-electron chi connectivity index (χ1n) is 10.2. The number of aryl methyl sites for hydroxylation is 1. The zero-order valence-corrected chi connectivity index (χ0v) is 17.1. The van der Waals surface area contributed by atoms with Crippen molar-refractivity contribution < 1.29 is 0 Å². The minimum absolute atomic E-state index is 0.845. The molecule has 6 heteroatoms. The number of nitrogens with zero attached hydrogens (tertiary/aromatic N) is 4. The first-order valence-corrected chi connectivity index (χ1v) is 10.2. The largest absolute Gasteiger partial charge is 0.383 e. The number of hydrogen-bond donors (Lipinski definition) is 2. The van der Waals surface area contributed by atoms with Crippen LogP contribution in [0.2, 0.25) is 0 Å². The van der Waals surface area contributed by atoms with Crippen LogP contribution in [0.15, 0.2) is 79.5 Å². The molecule has 0 unspecified atom stereocenters. The van der Waals surface area contributed by atoms with Crippen LogP contribution < -0.4 is 15.5 Å². The number of hydrogen-bond acceptors (Lipinski definition) is 6. The van der Waals surface area contributed by atoms with Crippen LogP contribution in [0.3, 0.4) is 0 Å². The second-order valence-corrected chi connectivity index (χ2v) is 7.12. The van der Waals surface area contributed by atoms with E-state index in [2.05, 4.69) is 55.6 Å². The highest BCUT2D eigenvalue weighted by atomic mass is 15.2. The maximum atomic E-state index is 4.47. The van der Waals surface area contributed by atoms with Crippen molar-refractivity contribution in [2.24, 2.45) is 0 Å². The molecule has 0 radical (unpaired) electrons. The molecule has 0 atom stereocenters. The Morgan fingerprint density at radius 2 is 1.47 bits per heavy atom. The van der Waals surface area contributed by atoms with E-state index in [9.17, 15) is 0 Å². The highest BCUT2D eigenvalue weighted by Crippen LogP contribution is 2.23. The van der Waals surface area contributed by atoms with E-state index in [4.69, 9.17) is 0 Å². The number of nitrogens with one attached hydrogen (secondary N) is 2. The zero-order valence-electron chi connectivity index (χ0n) is 17.1. The van der Waals surface area contributed by atoms with Gasteiger partial charge in [0, 0.05) is 79.6 Å². The van der Waals surface area contributed by atoms with E-state index >= 15 is 0 Å². The first-order chi connectivity index (χ1) is 14.8. The third kappa shape index (κ3) is 4.90. The van der Waals surface area contributed by atoms with Crippen molar-refractivity contribution in [1.29, 1.82) is 0 Å². The number of benzene rings is 1. The molecule has 0 aliphatic heterocycles. The van der Waals surface area contributed by atoms with E-state index in [1.807, 2.05) is 61.3 Å². The topological polar surface area (TPSA) is 66.0 Å². The molecular formula is C24H26N6. The normalized spacial score (nSPS) is 10.8. The van der Waals surface area contributed by atoms with Gasteiger partial charge in [0.1, 0.15) is 0 Å². The monoisotopic (exact) mass is 398 g/mol. The number of aromatic nitrogens is 3. The summed E-state index contributed by atoms with van der Waals surface area (Å²) in [5.74, 6) is 0. The third-order valence-corrected chi connectivity index (χ3v) is 4.98.